The van der Waals surface area contributed by atoms with Crippen LogP contribution < -0.4 is 4.74 Å². The normalized spacial score (nSPS) is 22.9. The number of fused-ring (bicyclic) bond motifs is 2. The fraction of sp³-hybridized carbons (Fsp3) is 0.269. The first-order valence-electron chi connectivity index (χ1n) is 10.3. The van der Waals surface area contributed by atoms with Gasteiger partial charge in [-0.3, -0.25) is 4.79 Å². The summed E-state index contributed by atoms with van der Waals surface area (Å²) in [4.78, 5) is 12.5. The second kappa shape index (κ2) is 7.59. The minimum Gasteiger partial charge on any atom is -0.488 e. The predicted molar refractivity (Wildman–Crippen MR) is 121 cm³/mol. The largest absolute Gasteiger partial charge is 0.488 e. The standard InChI is InChI=1S/C26H23BrO3/c1-17-10-22-16-30-25(28)26(22,13-17)14-18-7-9-24(23(27)12-18)29-15-19-6-8-20-4-2-3-5-21(20)11-19/h2-9,11-12,22H,1,10,13-16H2. The Morgan fingerprint density at radius 1 is 1.07 bits per heavy atom. The van der Waals surface area contributed by atoms with Gasteiger partial charge in [0.15, 0.2) is 0 Å². The number of benzene rings is 3. The summed E-state index contributed by atoms with van der Waals surface area (Å²) in [6.07, 6.45) is 2.30. The number of esters is 1. The molecule has 3 aromatic rings. The van der Waals surface area contributed by atoms with Gasteiger partial charge in [0.25, 0.3) is 0 Å². The summed E-state index contributed by atoms with van der Waals surface area (Å²) in [5.41, 5.74) is 2.96. The van der Waals surface area contributed by atoms with Crippen LogP contribution in [0, 0.1) is 11.3 Å². The molecule has 2 unspecified atom stereocenters. The van der Waals surface area contributed by atoms with Crippen molar-refractivity contribution >= 4 is 32.7 Å². The van der Waals surface area contributed by atoms with Gasteiger partial charge in [0.05, 0.1) is 16.5 Å². The Hall–Kier alpha value is -2.59. The number of rotatable bonds is 5. The highest BCUT2D eigenvalue weighted by Crippen LogP contribution is 2.52. The van der Waals surface area contributed by atoms with Crippen LogP contribution in [0.25, 0.3) is 10.8 Å². The van der Waals surface area contributed by atoms with E-state index in [4.69, 9.17) is 9.47 Å². The Morgan fingerprint density at radius 2 is 1.87 bits per heavy atom. The second-order valence-corrected chi connectivity index (χ2v) is 9.35. The van der Waals surface area contributed by atoms with Gasteiger partial charge in [-0.25, -0.2) is 0 Å². The molecule has 3 aromatic carbocycles. The van der Waals surface area contributed by atoms with Crippen molar-refractivity contribution < 1.29 is 14.3 Å². The van der Waals surface area contributed by atoms with E-state index in [1.54, 1.807) is 0 Å². The molecule has 0 radical (unpaired) electrons. The quantitative estimate of drug-likeness (QED) is 0.332. The Labute approximate surface area is 184 Å². The summed E-state index contributed by atoms with van der Waals surface area (Å²) in [6.45, 7) is 5.15. The number of carbonyl (C=O) groups excluding carboxylic acids is 1. The second-order valence-electron chi connectivity index (χ2n) is 8.49. The van der Waals surface area contributed by atoms with Crippen molar-refractivity contribution in [3.05, 3.63) is 88.4 Å². The minimum atomic E-state index is -0.440. The third-order valence-electron chi connectivity index (χ3n) is 6.43. The molecule has 2 fully saturated rings. The van der Waals surface area contributed by atoms with E-state index in [0.717, 1.165) is 39.8 Å². The third kappa shape index (κ3) is 3.43. The summed E-state index contributed by atoms with van der Waals surface area (Å²) < 4.78 is 12.4. The summed E-state index contributed by atoms with van der Waals surface area (Å²) in [5, 5.41) is 2.44. The first kappa shape index (κ1) is 19.4. The highest BCUT2D eigenvalue weighted by Gasteiger charge is 2.55. The van der Waals surface area contributed by atoms with Gasteiger partial charge in [-0.05, 0) is 75.3 Å². The van der Waals surface area contributed by atoms with Gasteiger partial charge in [-0.15, -0.1) is 0 Å². The van der Waals surface area contributed by atoms with E-state index in [0.29, 0.717) is 19.6 Å². The van der Waals surface area contributed by atoms with Gasteiger partial charge in [0.1, 0.15) is 12.4 Å². The molecular weight excluding hydrogens is 440 g/mol. The van der Waals surface area contributed by atoms with Gasteiger partial charge < -0.3 is 9.47 Å². The average Bonchev–Trinajstić information content (AvgIpc) is 3.21. The van der Waals surface area contributed by atoms with Crippen LogP contribution in [-0.2, 0) is 22.6 Å². The monoisotopic (exact) mass is 462 g/mol. The minimum absolute atomic E-state index is 0.0705. The molecule has 0 amide bonds. The van der Waals surface area contributed by atoms with Crippen molar-refractivity contribution in [2.75, 3.05) is 6.61 Å². The number of hydrogen-bond donors (Lipinski definition) is 0. The van der Waals surface area contributed by atoms with Gasteiger partial charge in [-0.1, -0.05) is 54.6 Å². The third-order valence-corrected chi connectivity index (χ3v) is 7.05. The molecule has 0 N–H and O–H groups in total. The van der Waals surface area contributed by atoms with Gasteiger partial charge in [0, 0.05) is 5.92 Å². The van der Waals surface area contributed by atoms with Crippen LogP contribution >= 0.6 is 15.9 Å². The average molecular weight is 463 g/mol. The Balaban J connectivity index is 1.31. The van der Waals surface area contributed by atoms with Gasteiger partial charge >= 0.3 is 5.97 Å². The summed E-state index contributed by atoms with van der Waals surface area (Å²) in [7, 11) is 0. The van der Waals surface area contributed by atoms with Gasteiger partial charge in [-0.2, -0.15) is 0 Å². The highest BCUT2D eigenvalue weighted by molar-refractivity contribution is 9.10. The van der Waals surface area contributed by atoms with E-state index < -0.39 is 5.41 Å². The van der Waals surface area contributed by atoms with Crippen molar-refractivity contribution in [2.24, 2.45) is 11.3 Å². The zero-order valence-corrected chi connectivity index (χ0v) is 18.3. The van der Waals surface area contributed by atoms with E-state index in [-0.39, 0.29) is 11.9 Å². The maximum Gasteiger partial charge on any atom is 0.313 e. The molecule has 1 saturated carbocycles. The number of allylic oxidation sites excluding steroid dienone is 1. The molecule has 30 heavy (non-hydrogen) atoms. The van der Waals surface area contributed by atoms with Crippen LogP contribution in [0.4, 0.5) is 0 Å². The molecule has 1 heterocycles. The number of carbonyl (C=O) groups is 1. The SMILES string of the molecule is C=C1CC2COC(=O)C2(Cc2ccc(OCc3ccc4ccccc4c3)c(Br)c2)C1. The lowest BCUT2D eigenvalue weighted by atomic mass is 9.75. The molecule has 1 aliphatic heterocycles. The van der Waals surface area contributed by atoms with Crippen LogP contribution in [-0.4, -0.2) is 12.6 Å². The Kier molecular flexibility index (Phi) is 4.90. The first-order valence-corrected chi connectivity index (χ1v) is 11.1. The maximum atomic E-state index is 12.5. The lowest BCUT2D eigenvalue weighted by Crippen LogP contribution is -2.31. The molecule has 0 aromatic heterocycles. The van der Waals surface area contributed by atoms with Crippen LogP contribution in [0.5, 0.6) is 5.75 Å². The van der Waals surface area contributed by atoms with Crippen LogP contribution in [0.2, 0.25) is 0 Å². The van der Waals surface area contributed by atoms with Crippen LogP contribution in [0.1, 0.15) is 24.0 Å². The van der Waals surface area contributed by atoms with Crippen molar-refractivity contribution in [1.29, 1.82) is 0 Å². The number of ether oxygens (including phenoxy) is 2. The molecule has 5 rings (SSSR count). The highest BCUT2D eigenvalue weighted by atomic mass is 79.9. The van der Waals surface area contributed by atoms with E-state index in [1.807, 2.05) is 18.2 Å². The number of hydrogen-bond acceptors (Lipinski definition) is 3. The molecule has 2 atom stereocenters. The molecule has 0 bridgehead atoms. The van der Waals surface area contributed by atoms with Crippen LogP contribution in [0.15, 0.2) is 77.3 Å². The van der Waals surface area contributed by atoms with Gasteiger partial charge in [0.2, 0.25) is 0 Å². The lowest BCUT2D eigenvalue weighted by molar-refractivity contribution is -0.146. The lowest BCUT2D eigenvalue weighted by Gasteiger charge is -2.24. The molecule has 152 valence electrons. The molecule has 1 saturated heterocycles. The van der Waals surface area contributed by atoms with Crippen LogP contribution in [0.3, 0.4) is 0 Å². The fourth-order valence-corrected chi connectivity index (χ4v) is 5.43. The van der Waals surface area contributed by atoms with Crippen molar-refractivity contribution in [3.8, 4) is 5.75 Å². The Bertz CT molecular complexity index is 1150. The molecule has 2 aliphatic rings. The summed E-state index contributed by atoms with van der Waals surface area (Å²) in [5.74, 6) is 0.977. The maximum absolute atomic E-state index is 12.5. The molecule has 4 heteroatoms. The predicted octanol–water partition coefficient (Wildman–Crippen LogP) is 6.23. The molecule has 1 aliphatic carbocycles. The van der Waals surface area contributed by atoms with E-state index in [9.17, 15) is 4.79 Å². The molecule has 0 spiro atoms. The molecule has 3 nitrogen and oxygen atoms in total. The summed E-state index contributed by atoms with van der Waals surface area (Å²) in [6, 6.07) is 20.8. The van der Waals surface area contributed by atoms with Crippen molar-refractivity contribution in [3.63, 3.8) is 0 Å². The van der Waals surface area contributed by atoms with E-state index >= 15 is 0 Å². The molecular formula is C26H23BrO3. The first-order chi connectivity index (χ1) is 14.5. The van der Waals surface area contributed by atoms with E-state index in [1.165, 1.54) is 10.8 Å². The topological polar surface area (TPSA) is 35.5 Å². The summed E-state index contributed by atoms with van der Waals surface area (Å²) >= 11 is 3.65. The zero-order valence-electron chi connectivity index (χ0n) is 16.7. The van der Waals surface area contributed by atoms with Crippen molar-refractivity contribution in [1.82, 2.24) is 0 Å². The number of cyclic esters (lactones) is 1. The number of halogens is 1. The zero-order chi connectivity index (χ0) is 20.7. The Morgan fingerprint density at radius 3 is 2.70 bits per heavy atom. The van der Waals surface area contributed by atoms with Crippen molar-refractivity contribution in [2.45, 2.75) is 25.9 Å². The fourth-order valence-electron chi connectivity index (χ4n) is 4.89. The smallest absolute Gasteiger partial charge is 0.313 e. The van der Waals surface area contributed by atoms with E-state index in [2.05, 4.69) is 65.0 Å².